The number of thioether (sulfide) groups is 1. The second-order valence-corrected chi connectivity index (χ2v) is 11.2. The zero-order chi connectivity index (χ0) is 25.1. The van der Waals surface area contributed by atoms with Gasteiger partial charge in [-0.3, -0.25) is 4.79 Å². The molecule has 0 radical (unpaired) electrons. The molecule has 6 nitrogen and oxygen atoms in total. The fourth-order valence-corrected chi connectivity index (χ4v) is 5.93. The molecule has 3 aromatic rings. The standard InChI is InChI=1S/C28H31ClN4O2S/c1-18-8-10-19(11-9-18)24-25(20-12-14-21(29)15-13-20)31-26-22(30-24)6-5-17-33(26)16-4-2-3-7-23-27(34)32-28(35)36-23/h8-15,23,27,34H,2-7,16-17H2,1H3,(H,32,35). The van der Waals surface area contributed by atoms with Crippen molar-refractivity contribution in [1.29, 1.82) is 0 Å². The molecule has 0 saturated carbocycles. The Balaban J connectivity index is 1.34. The van der Waals surface area contributed by atoms with Crippen LogP contribution in [-0.2, 0) is 6.42 Å². The van der Waals surface area contributed by atoms with Crippen molar-refractivity contribution in [1.82, 2.24) is 15.3 Å². The fourth-order valence-electron chi connectivity index (χ4n) is 4.86. The molecule has 0 bridgehead atoms. The Morgan fingerprint density at radius 1 is 1.03 bits per heavy atom. The minimum Gasteiger partial charge on any atom is -0.373 e. The molecule has 0 aliphatic carbocycles. The van der Waals surface area contributed by atoms with Gasteiger partial charge >= 0.3 is 0 Å². The first-order chi connectivity index (χ1) is 17.5. The number of nitrogens with zero attached hydrogens (tertiary/aromatic N) is 3. The smallest absolute Gasteiger partial charge is 0.281 e. The summed E-state index contributed by atoms with van der Waals surface area (Å²) < 4.78 is 0. The van der Waals surface area contributed by atoms with Crippen molar-refractivity contribution in [3.8, 4) is 22.5 Å². The number of benzene rings is 2. The topological polar surface area (TPSA) is 78.4 Å². The predicted molar refractivity (Wildman–Crippen MR) is 148 cm³/mol. The molecule has 2 aliphatic rings. The lowest BCUT2D eigenvalue weighted by Crippen LogP contribution is -2.32. The molecule has 36 heavy (non-hydrogen) atoms. The van der Waals surface area contributed by atoms with Crippen LogP contribution in [0.3, 0.4) is 0 Å². The fraction of sp³-hybridized carbons (Fsp3) is 0.393. The van der Waals surface area contributed by atoms with E-state index in [4.69, 9.17) is 21.6 Å². The number of rotatable bonds is 8. The van der Waals surface area contributed by atoms with Gasteiger partial charge in [-0.15, -0.1) is 0 Å². The highest BCUT2D eigenvalue weighted by Gasteiger charge is 2.31. The van der Waals surface area contributed by atoms with E-state index in [2.05, 4.69) is 41.4 Å². The average Bonchev–Trinajstić information content (AvgIpc) is 3.20. The maximum absolute atomic E-state index is 11.4. The lowest BCUT2D eigenvalue weighted by molar-refractivity contribution is 0.149. The zero-order valence-corrected chi connectivity index (χ0v) is 22.0. The number of anilines is 1. The Labute approximate surface area is 221 Å². The lowest BCUT2D eigenvalue weighted by atomic mass is 10.0. The number of aliphatic hydroxyl groups excluding tert-OH is 1. The monoisotopic (exact) mass is 522 g/mol. The van der Waals surface area contributed by atoms with Crippen LogP contribution in [0.25, 0.3) is 22.5 Å². The van der Waals surface area contributed by atoms with Gasteiger partial charge in [0.05, 0.1) is 22.3 Å². The minimum atomic E-state index is -0.722. The number of amides is 1. The highest BCUT2D eigenvalue weighted by Crippen LogP contribution is 2.35. The van der Waals surface area contributed by atoms with E-state index in [9.17, 15) is 9.90 Å². The zero-order valence-electron chi connectivity index (χ0n) is 20.4. The molecule has 1 amide bonds. The van der Waals surface area contributed by atoms with Crippen LogP contribution in [0.1, 0.15) is 43.4 Å². The summed E-state index contributed by atoms with van der Waals surface area (Å²) in [7, 11) is 0. The Hall–Kier alpha value is -2.61. The summed E-state index contributed by atoms with van der Waals surface area (Å²) >= 11 is 7.39. The quantitative estimate of drug-likeness (QED) is 0.341. The number of nitrogens with one attached hydrogen (secondary N) is 1. The summed E-state index contributed by atoms with van der Waals surface area (Å²) in [6.07, 6.45) is 5.17. The van der Waals surface area contributed by atoms with Gasteiger partial charge in [0.2, 0.25) is 0 Å². The highest BCUT2D eigenvalue weighted by atomic mass is 35.5. The van der Waals surface area contributed by atoms with Crippen LogP contribution in [0.2, 0.25) is 5.02 Å². The second-order valence-electron chi connectivity index (χ2n) is 9.54. The molecule has 8 heteroatoms. The summed E-state index contributed by atoms with van der Waals surface area (Å²) in [6.45, 7) is 3.98. The number of aliphatic hydroxyl groups is 1. The first-order valence-corrected chi connectivity index (χ1v) is 13.9. The third-order valence-electron chi connectivity index (χ3n) is 6.82. The molecule has 1 fully saturated rings. The molecular weight excluding hydrogens is 492 g/mol. The first-order valence-electron chi connectivity index (χ1n) is 12.6. The number of fused-ring (bicyclic) bond motifs is 1. The Kier molecular flexibility index (Phi) is 7.79. The van der Waals surface area contributed by atoms with E-state index in [1.165, 1.54) is 17.3 Å². The lowest BCUT2D eigenvalue weighted by Gasteiger charge is -2.30. The van der Waals surface area contributed by atoms with Gasteiger partial charge in [0, 0.05) is 29.2 Å². The van der Waals surface area contributed by atoms with Gasteiger partial charge < -0.3 is 15.3 Å². The summed E-state index contributed by atoms with van der Waals surface area (Å²) in [5.41, 5.74) is 6.14. The van der Waals surface area contributed by atoms with Crippen LogP contribution in [0, 0.1) is 6.92 Å². The van der Waals surface area contributed by atoms with E-state index < -0.39 is 6.23 Å². The van der Waals surface area contributed by atoms with Gasteiger partial charge in [0.1, 0.15) is 6.23 Å². The Bertz CT molecular complexity index is 1220. The van der Waals surface area contributed by atoms with Crippen LogP contribution in [-0.4, -0.2) is 44.9 Å². The van der Waals surface area contributed by atoms with Gasteiger partial charge in [0.25, 0.3) is 5.24 Å². The minimum absolute atomic E-state index is 0.0405. The highest BCUT2D eigenvalue weighted by molar-refractivity contribution is 8.14. The molecule has 2 atom stereocenters. The van der Waals surface area contributed by atoms with E-state index in [1.54, 1.807) is 0 Å². The molecule has 188 valence electrons. The Morgan fingerprint density at radius 3 is 2.42 bits per heavy atom. The molecule has 3 heterocycles. The second kappa shape index (κ2) is 11.2. The van der Waals surface area contributed by atoms with Crippen LogP contribution in [0.5, 0.6) is 0 Å². The van der Waals surface area contributed by atoms with Crippen molar-refractivity contribution in [2.24, 2.45) is 0 Å². The predicted octanol–water partition coefficient (Wildman–Crippen LogP) is 6.23. The van der Waals surface area contributed by atoms with E-state index in [0.717, 1.165) is 85.6 Å². The number of hydrogen-bond acceptors (Lipinski definition) is 6. The molecule has 5 rings (SSSR count). The number of carbonyl (C=O) groups is 1. The molecule has 1 saturated heterocycles. The Morgan fingerprint density at radius 2 is 1.72 bits per heavy atom. The van der Waals surface area contributed by atoms with Crippen LogP contribution in [0.15, 0.2) is 48.5 Å². The van der Waals surface area contributed by atoms with Crippen molar-refractivity contribution in [3.63, 3.8) is 0 Å². The van der Waals surface area contributed by atoms with Gasteiger partial charge in [0.15, 0.2) is 5.82 Å². The van der Waals surface area contributed by atoms with Crippen LogP contribution >= 0.6 is 23.4 Å². The van der Waals surface area contributed by atoms with Crippen molar-refractivity contribution in [3.05, 3.63) is 64.8 Å². The molecule has 2 aliphatic heterocycles. The molecule has 0 spiro atoms. The van der Waals surface area contributed by atoms with Gasteiger partial charge in [-0.2, -0.15) is 0 Å². The first kappa shape index (κ1) is 25.1. The van der Waals surface area contributed by atoms with E-state index in [0.29, 0.717) is 5.02 Å². The van der Waals surface area contributed by atoms with Crippen LogP contribution < -0.4 is 10.2 Å². The number of hydrogen-bond donors (Lipinski definition) is 2. The van der Waals surface area contributed by atoms with Crippen molar-refractivity contribution in [2.45, 2.75) is 56.9 Å². The average molecular weight is 523 g/mol. The van der Waals surface area contributed by atoms with Crippen molar-refractivity contribution >= 4 is 34.4 Å². The van der Waals surface area contributed by atoms with E-state index >= 15 is 0 Å². The van der Waals surface area contributed by atoms with Gasteiger partial charge in [-0.05, 0) is 44.7 Å². The number of aryl methyl sites for hydroxylation is 2. The maximum Gasteiger partial charge on any atom is 0.281 e. The largest absolute Gasteiger partial charge is 0.373 e. The number of unbranched alkanes of at least 4 members (excludes halogenated alkanes) is 2. The third-order valence-corrected chi connectivity index (χ3v) is 8.20. The molecule has 2 unspecified atom stereocenters. The summed E-state index contributed by atoms with van der Waals surface area (Å²) in [4.78, 5) is 24.2. The number of carbonyl (C=O) groups excluding carboxylic acids is 1. The molecule has 1 aromatic heterocycles. The maximum atomic E-state index is 11.4. The SMILES string of the molecule is Cc1ccc(-c2nc3c(nc2-c2ccc(Cl)cc2)N(CCCCCC2SC(=O)NC2O)CCC3)cc1. The number of halogens is 1. The summed E-state index contributed by atoms with van der Waals surface area (Å²) in [5.74, 6) is 0.985. The summed E-state index contributed by atoms with van der Waals surface area (Å²) in [5, 5.41) is 13.0. The van der Waals surface area contributed by atoms with Crippen molar-refractivity contribution < 1.29 is 9.90 Å². The van der Waals surface area contributed by atoms with Crippen molar-refractivity contribution in [2.75, 3.05) is 18.0 Å². The van der Waals surface area contributed by atoms with E-state index in [1.807, 2.05) is 24.3 Å². The number of aromatic nitrogens is 2. The molecule has 2 aromatic carbocycles. The third kappa shape index (κ3) is 5.69. The molecule has 2 N–H and O–H groups in total. The molecular formula is C28H31ClN4O2S. The van der Waals surface area contributed by atoms with Gasteiger partial charge in [-0.1, -0.05) is 78.2 Å². The summed E-state index contributed by atoms with van der Waals surface area (Å²) in [6, 6.07) is 16.3. The van der Waals surface area contributed by atoms with Crippen LogP contribution in [0.4, 0.5) is 10.6 Å². The van der Waals surface area contributed by atoms with E-state index in [-0.39, 0.29) is 10.5 Å². The normalized spacial score (nSPS) is 19.3. The van der Waals surface area contributed by atoms with Gasteiger partial charge in [-0.25, -0.2) is 9.97 Å².